The van der Waals surface area contributed by atoms with Crippen LogP contribution in [-0.2, 0) is 25.5 Å². The summed E-state index contributed by atoms with van der Waals surface area (Å²) in [6, 6.07) is 16.3. The van der Waals surface area contributed by atoms with Gasteiger partial charge in [0.2, 0.25) is 5.91 Å². The Morgan fingerprint density at radius 2 is 1.57 bits per heavy atom. The molecule has 2 fully saturated rings. The van der Waals surface area contributed by atoms with Gasteiger partial charge >= 0.3 is 11.9 Å². The molecule has 1 N–H and O–H groups in total. The highest BCUT2D eigenvalue weighted by atomic mass is 35.5. The lowest BCUT2D eigenvalue weighted by Crippen LogP contribution is -2.52. The topological polar surface area (TPSA) is 129 Å². The number of carbonyl (C=O) groups is 4. The van der Waals surface area contributed by atoms with Crippen LogP contribution >= 0.6 is 23.2 Å². The van der Waals surface area contributed by atoms with E-state index < -0.39 is 36.6 Å². The molecule has 0 radical (unpaired) electrons. The molecule has 3 aromatic rings. The number of nitrogens with zero attached hydrogens (tertiary/aromatic N) is 1. The molecule has 3 aromatic carbocycles. The molecule has 12 heteroatoms. The van der Waals surface area contributed by atoms with Crippen LogP contribution < -0.4 is 14.2 Å². The van der Waals surface area contributed by atoms with E-state index in [-0.39, 0.29) is 24.0 Å². The summed E-state index contributed by atoms with van der Waals surface area (Å²) in [5, 5.41) is 9.85. The first-order valence-corrected chi connectivity index (χ1v) is 19.0. The van der Waals surface area contributed by atoms with Crippen LogP contribution in [0.15, 0.2) is 60.7 Å². The normalized spacial score (nSPS) is 17.4. The van der Waals surface area contributed by atoms with Crippen molar-refractivity contribution in [3.63, 3.8) is 0 Å². The number of ketones is 1. The zero-order valence-corrected chi connectivity index (χ0v) is 31.7. The molecule has 1 saturated carbocycles. The molecule has 53 heavy (non-hydrogen) atoms. The van der Waals surface area contributed by atoms with Crippen LogP contribution in [0.3, 0.4) is 0 Å². The average molecular weight is 769 g/mol. The van der Waals surface area contributed by atoms with E-state index in [4.69, 9.17) is 47.3 Å². The lowest BCUT2D eigenvalue weighted by Gasteiger charge is -2.39. The standard InChI is InChI=1S/C41H47Cl2NO9/c1-50-37-17-15-26(19-38(37)51-2)14-16-36(28-11-8-12-32(22-28)52-25-39(46)47)53-41(49)34-13-6-7-18-44(34)40(48)33(27-9-4-3-5-10-27)24-35(45)29-20-30(42)23-31(43)21-29/h8,11-12,15,17,19-23,27,33-34,36H,3-7,9-10,13-14,16,18,24-25H2,1-2H3,(H,46,47)/t33?,34-,36?/m0/s1. The van der Waals surface area contributed by atoms with Gasteiger partial charge in [-0.15, -0.1) is 0 Å². The number of Topliss-reactive ketones (excluding diaryl/α,β-unsaturated/α-hetero) is 1. The predicted molar refractivity (Wildman–Crippen MR) is 201 cm³/mol. The van der Waals surface area contributed by atoms with Gasteiger partial charge in [0.1, 0.15) is 17.9 Å². The molecule has 2 aliphatic rings. The monoisotopic (exact) mass is 767 g/mol. The van der Waals surface area contributed by atoms with E-state index in [1.807, 2.05) is 18.2 Å². The minimum Gasteiger partial charge on any atom is -0.493 e. The molecule has 0 aromatic heterocycles. The van der Waals surface area contributed by atoms with Crippen LogP contribution in [0.4, 0.5) is 0 Å². The van der Waals surface area contributed by atoms with Crippen molar-refractivity contribution in [1.82, 2.24) is 4.90 Å². The summed E-state index contributed by atoms with van der Waals surface area (Å²) >= 11 is 12.4. The van der Waals surface area contributed by atoms with E-state index in [1.54, 1.807) is 61.6 Å². The Labute approximate surface area is 320 Å². The second-order valence-electron chi connectivity index (χ2n) is 13.7. The molecule has 284 valence electrons. The number of piperidine rings is 1. The minimum absolute atomic E-state index is 0.00444. The van der Waals surface area contributed by atoms with Crippen molar-refractivity contribution < 1.29 is 43.2 Å². The highest BCUT2D eigenvalue weighted by Gasteiger charge is 2.41. The summed E-state index contributed by atoms with van der Waals surface area (Å²) in [5.74, 6) is -1.15. The maximum atomic E-state index is 14.6. The highest BCUT2D eigenvalue weighted by Crippen LogP contribution is 2.37. The van der Waals surface area contributed by atoms with Gasteiger partial charge in [0.05, 0.1) is 14.2 Å². The number of aryl methyl sites for hydroxylation is 1. The number of methoxy groups -OCH3 is 2. The number of carbonyl (C=O) groups excluding carboxylic acids is 3. The zero-order valence-electron chi connectivity index (χ0n) is 30.2. The molecule has 3 atom stereocenters. The molecule has 10 nitrogen and oxygen atoms in total. The molecule has 0 bridgehead atoms. The molecule has 2 unspecified atom stereocenters. The molecule has 1 saturated heterocycles. The maximum Gasteiger partial charge on any atom is 0.341 e. The van der Waals surface area contributed by atoms with Gasteiger partial charge in [0.15, 0.2) is 23.9 Å². The van der Waals surface area contributed by atoms with Crippen LogP contribution in [0.25, 0.3) is 0 Å². The predicted octanol–water partition coefficient (Wildman–Crippen LogP) is 8.54. The fraction of sp³-hybridized carbons (Fsp3) is 0.463. The Kier molecular flexibility index (Phi) is 14.4. The quantitative estimate of drug-likeness (QED) is 0.113. The Morgan fingerprint density at radius 3 is 2.26 bits per heavy atom. The minimum atomic E-state index is -1.11. The summed E-state index contributed by atoms with van der Waals surface area (Å²) in [6.45, 7) is -0.137. The van der Waals surface area contributed by atoms with Gasteiger partial charge in [0, 0.05) is 34.5 Å². The highest BCUT2D eigenvalue weighted by molar-refractivity contribution is 6.35. The largest absolute Gasteiger partial charge is 0.493 e. The van der Waals surface area contributed by atoms with E-state index >= 15 is 0 Å². The number of carboxylic acid groups (broad SMARTS) is 1. The number of benzene rings is 3. The van der Waals surface area contributed by atoms with Gasteiger partial charge in [-0.25, -0.2) is 9.59 Å². The molecule has 1 heterocycles. The number of hydrogen-bond acceptors (Lipinski definition) is 8. The van der Waals surface area contributed by atoms with Crippen molar-refractivity contribution in [2.24, 2.45) is 11.8 Å². The number of likely N-dealkylation sites (tertiary alicyclic amines) is 1. The van der Waals surface area contributed by atoms with E-state index in [0.29, 0.717) is 64.2 Å². The van der Waals surface area contributed by atoms with Crippen molar-refractivity contribution in [2.75, 3.05) is 27.4 Å². The van der Waals surface area contributed by atoms with E-state index in [0.717, 1.165) is 50.5 Å². The Morgan fingerprint density at radius 1 is 0.849 bits per heavy atom. The maximum absolute atomic E-state index is 14.6. The average Bonchev–Trinajstić information content (AvgIpc) is 3.17. The van der Waals surface area contributed by atoms with Crippen molar-refractivity contribution in [3.05, 3.63) is 87.4 Å². The Hall–Kier alpha value is -4.28. The first-order chi connectivity index (χ1) is 25.6. The second-order valence-corrected chi connectivity index (χ2v) is 14.6. The summed E-state index contributed by atoms with van der Waals surface area (Å²) in [4.78, 5) is 55.3. The summed E-state index contributed by atoms with van der Waals surface area (Å²) < 4.78 is 22.6. The fourth-order valence-corrected chi connectivity index (χ4v) is 8.00. The number of halogens is 2. The van der Waals surface area contributed by atoms with Gasteiger partial charge in [0.25, 0.3) is 0 Å². The third-order valence-electron chi connectivity index (χ3n) is 10.2. The third kappa shape index (κ3) is 10.9. The molecule has 1 aliphatic heterocycles. The van der Waals surface area contributed by atoms with Gasteiger partial charge in [-0.1, -0.05) is 60.7 Å². The number of hydrogen-bond donors (Lipinski definition) is 1. The van der Waals surface area contributed by atoms with Crippen LogP contribution in [0, 0.1) is 11.8 Å². The number of carboxylic acids is 1. The van der Waals surface area contributed by atoms with Crippen molar-refractivity contribution >= 4 is 46.8 Å². The van der Waals surface area contributed by atoms with Crippen LogP contribution in [0.2, 0.25) is 10.0 Å². The van der Waals surface area contributed by atoms with Crippen molar-refractivity contribution in [3.8, 4) is 17.2 Å². The van der Waals surface area contributed by atoms with E-state index in [2.05, 4.69) is 0 Å². The van der Waals surface area contributed by atoms with Gasteiger partial charge in [-0.05, 0) is 104 Å². The van der Waals surface area contributed by atoms with Gasteiger partial charge in [-0.3, -0.25) is 9.59 Å². The van der Waals surface area contributed by atoms with Crippen molar-refractivity contribution in [2.45, 2.75) is 82.8 Å². The van der Waals surface area contributed by atoms with Crippen LogP contribution in [0.1, 0.15) is 91.8 Å². The Balaban J connectivity index is 1.39. The Bertz CT molecular complexity index is 1740. The SMILES string of the molecule is COc1ccc(CCC(OC(=O)[C@@H]2CCCCN2C(=O)C(CC(=O)c2cc(Cl)cc(Cl)c2)C2CCCCC2)c2cccc(OCC(=O)O)c2)cc1OC. The van der Waals surface area contributed by atoms with E-state index in [1.165, 1.54) is 0 Å². The van der Waals surface area contributed by atoms with Crippen LogP contribution in [0.5, 0.6) is 17.2 Å². The fourth-order valence-electron chi connectivity index (χ4n) is 7.47. The van der Waals surface area contributed by atoms with E-state index in [9.17, 15) is 19.2 Å². The van der Waals surface area contributed by atoms with Crippen LogP contribution in [-0.4, -0.2) is 67.0 Å². The van der Waals surface area contributed by atoms with Crippen molar-refractivity contribution in [1.29, 1.82) is 0 Å². The van der Waals surface area contributed by atoms with Gasteiger partial charge in [-0.2, -0.15) is 0 Å². The summed E-state index contributed by atoms with van der Waals surface area (Å²) in [6.07, 6.45) is 6.76. The molecular formula is C41H47Cl2NO9. The molecule has 5 rings (SSSR count). The smallest absolute Gasteiger partial charge is 0.341 e. The molecule has 0 spiro atoms. The second kappa shape index (κ2) is 19.2. The molecular weight excluding hydrogens is 721 g/mol. The lowest BCUT2D eigenvalue weighted by atomic mass is 9.76. The summed E-state index contributed by atoms with van der Waals surface area (Å²) in [5.41, 5.74) is 1.91. The third-order valence-corrected chi connectivity index (χ3v) is 10.6. The number of rotatable bonds is 16. The zero-order chi connectivity index (χ0) is 37.9. The first-order valence-electron chi connectivity index (χ1n) is 18.2. The first kappa shape index (κ1) is 39.9. The summed E-state index contributed by atoms with van der Waals surface area (Å²) in [7, 11) is 3.13. The number of esters is 1. The molecule has 1 aliphatic carbocycles. The lowest BCUT2D eigenvalue weighted by molar-refractivity contribution is -0.164. The molecule has 1 amide bonds. The number of amides is 1. The number of aliphatic carboxylic acids is 1. The van der Waals surface area contributed by atoms with Gasteiger partial charge < -0.3 is 29.0 Å². The number of ether oxygens (including phenoxy) is 4.